The molecule has 1 aliphatic rings. The molecule has 0 amide bonds. The van der Waals surface area contributed by atoms with Crippen LogP contribution in [-0.2, 0) is 9.47 Å². The minimum absolute atomic E-state index is 0.0839. The van der Waals surface area contributed by atoms with E-state index in [-0.39, 0.29) is 18.8 Å². The lowest BCUT2D eigenvalue weighted by molar-refractivity contribution is -0.0746. The highest BCUT2D eigenvalue weighted by molar-refractivity contribution is 5.57. The molecule has 0 aromatic carbocycles. The molecule has 1 aliphatic heterocycles. The van der Waals surface area contributed by atoms with Crippen LogP contribution in [0.5, 0.6) is 0 Å². The molecular formula is C7H12O5. The highest BCUT2D eigenvalue weighted by atomic mass is 16.7. The molecule has 12 heavy (non-hydrogen) atoms. The number of aliphatic hydroxyl groups is 1. The van der Waals surface area contributed by atoms with Gasteiger partial charge in [-0.05, 0) is 0 Å². The molecule has 0 aliphatic carbocycles. The first-order valence-corrected chi connectivity index (χ1v) is 3.84. The predicted octanol–water partition coefficient (Wildman–Crippen LogP) is 0.221. The monoisotopic (exact) mass is 176 g/mol. The van der Waals surface area contributed by atoms with Gasteiger partial charge in [-0.15, -0.1) is 0 Å². The van der Waals surface area contributed by atoms with Gasteiger partial charge in [0.05, 0.1) is 19.3 Å². The van der Waals surface area contributed by atoms with Crippen LogP contribution in [0.15, 0.2) is 0 Å². The third-order valence-corrected chi connectivity index (χ3v) is 1.79. The smallest absolute Gasteiger partial charge is 0.450 e. The molecule has 0 radical (unpaired) electrons. The van der Waals surface area contributed by atoms with Crippen molar-refractivity contribution in [2.24, 2.45) is 0 Å². The lowest BCUT2D eigenvalue weighted by Crippen LogP contribution is -2.34. The Morgan fingerprint density at radius 3 is 3.00 bits per heavy atom. The fraction of sp³-hybridized carbons (Fsp3) is 0.857. The maximum absolute atomic E-state index is 10.1. The summed E-state index contributed by atoms with van der Waals surface area (Å²) in [6.45, 7) is 0.364. The van der Waals surface area contributed by atoms with Crippen LogP contribution in [0.3, 0.4) is 0 Å². The molecule has 0 aromatic rings. The summed E-state index contributed by atoms with van der Waals surface area (Å²) in [4.78, 5) is 10.1. The van der Waals surface area contributed by atoms with Crippen molar-refractivity contribution in [1.82, 2.24) is 0 Å². The molecule has 2 N–H and O–H groups in total. The van der Waals surface area contributed by atoms with E-state index < -0.39 is 6.16 Å². The fourth-order valence-electron chi connectivity index (χ4n) is 1.22. The molecule has 0 unspecified atom stereocenters. The third kappa shape index (κ3) is 2.67. The van der Waals surface area contributed by atoms with Crippen molar-refractivity contribution in [3.05, 3.63) is 0 Å². The molecule has 1 fully saturated rings. The molecule has 2 atom stereocenters. The van der Waals surface area contributed by atoms with Crippen molar-refractivity contribution in [1.29, 1.82) is 0 Å². The first kappa shape index (κ1) is 9.28. The van der Waals surface area contributed by atoms with E-state index in [4.69, 9.17) is 14.9 Å². The second-order valence-electron chi connectivity index (χ2n) is 2.71. The van der Waals surface area contributed by atoms with Crippen molar-refractivity contribution in [3.63, 3.8) is 0 Å². The maximum Gasteiger partial charge on any atom is 0.506 e. The normalized spacial score (nSPS) is 29.8. The average Bonchev–Trinajstić information content (AvgIpc) is 2.03. The molecule has 0 bridgehead atoms. The van der Waals surface area contributed by atoms with Crippen LogP contribution in [0.2, 0.25) is 0 Å². The molecule has 0 spiro atoms. The number of ether oxygens (including phenoxy) is 2. The van der Waals surface area contributed by atoms with E-state index in [0.717, 1.165) is 0 Å². The van der Waals surface area contributed by atoms with Crippen LogP contribution < -0.4 is 0 Å². The number of carboxylic acid groups (broad SMARTS) is 1. The highest BCUT2D eigenvalue weighted by Gasteiger charge is 2.24. The summed E-state index contributed by atoms with van der Waals surface area (Å²) in [6, 6.07) is 0. The van der Waals surface area contributed by atoms with Gasteiger partial charge < -0.3 is 19.7 Å². The van der Waals surface area contributed by atoms with E-state index in [1.54, 1.807) is 0 Å². The molecule has 5 nitrogen and oxygen atoms in total. The summed E-state index contributed by atoms with van der Waals surface area (Å²) in [5, 5.41) is 17.0. The van der Waals surface area contributed by atoms with Crippen LogP contribution in [0.4, 0.5) is 4.79 Å². The van der Waals surface area contributed by atoms with Gasteiger partial charge in [-0.2, -0.15) is 0 Å². The summed E-state index contributed by atoms with van der Waals surface area (Å²) in [7, 11) is 0. The van der Waals surface area contributed by atoms with Crippen LogP contribution in [-0.4, -0.2) is 41.8 Å². The van der Waals surface area contributed by atoms with Crippen molar-refractivity contribution in [3.8, 4) is 0 Å². The largest absolute Gasteiger partial charge is 0.506 e. The minimum atomic E-state index is -1.27. The van der Waals surface area contributed by atoms with Gasteiger partial charge in [0.15, 0.2) is 0 Å². The van der Waals surface area contributed by atoms with Gasteiger partial charge in [0.1, 0.15) is 6.10 Å². The topological polar surface area (TPSA) is 76.0 Å². The number of aliphatic hydroxyl groups excluding tert-OH is 1. The molecule has 0 aromatic heterocycles. The molecule has 1 saturated heterocycles. The Labute approximate surface area is 69.9 Å². The van der Waals surface area contributed by atoms with Gasteiger partial charge in [-0.25, -0.2) is 4.79 Å². The zero-order valence-corrected chi connectivity index (χ0v) is 6.60. The van der Waals surface area contributed by atoms with Crippen LogP contribution in [0.25, 0.3) is 0 Å². The molecule has 1 heterocycles. The van der Waals surface area contributed by atoms with E-state index in [1.165, 1.54) is 0 Å². The zero-order chi connectivity index (χ0) is 8.97. The Balaban J connectivity index is 2.30. The Morgan fingerprint density at radius 2 is 2.42 bits per heavy atom. The van der Waals surface area contributed by atoms with Gasteiger partial charge in [0, 0.05) is 12.8 Å². The second-order valence-corrected chi connectivity index (χ2v) is 2.71. The van der Waals surface area contributed by atoms with Gasteiger partial charge in [-0.3, -0.25) is 0 Å². The van der Waals surface area contributed by atoms with E-state index in [1.807, 2.05) is 0 Å². The maximum atomic E-state index is 10.1. The van der Waals surface area contributed by atoms with E-state index in [0.29, 0.717) is 19.4 Å². The zero-order valence-electron chi connectivity index (χ0n) is 6.60. The van der Waals surface area contributed by atoms with Crippen molar-refractivity contribution in [2.45, 2.75) is 25.0 Å². The summed E-state index contributed by atoms with van der Waals surface area (Å²) in [6.07, 6.45) is -0.846. The van der Waals surface area contributed by atoms with Crippen molar-refractivity contribution in [2.75, 3.05) is 13.2 Å². The Hall–Kier alpha value is -0.810. The van der Waals surface area contributed by atoms with Gasteiger partial charge in [0.2, 0.25) is 0 Å². The first-order valence-electron chi connectivity index (χ1n) is 3.84. The quantitative estimate of drug-likeness (QED) is 0.588. The van der Waals surface area contributed by atoms with Crippen LogP contribution in [0.1, 0.15) is 12.8 Å². The Bertz CT molecular complexity index is 158. The summed E-state index contributed by atoms with van der Waals surface area (Å²) < 4.78 is 9.66. The summed E-state index contributed by atoms with van der Waals surface area (Å²) >= 11 is 0. The predicted molar refractivity (Wildman–Crippen MR) is 39.0 cm³/mol. The highest BCUT2D eigenvalue weighted by Crippen LogP contribution is 2.16. The number of carbonyl (C=O) groups is 1. The van der Waals surface area contributed by atoms with Crippen molar-refractivity contribution >= 4 is 6.16 Å². The fourth-order valence-corrected chi connectivity index (χ4v) is 1.22. The van der Waals surface area contributed by atoms with Crippen molar-refractivity contribution < 1.29 is 24.5 Å². The van der Waals surface area contributed by atoms with Crippen LogP contribution in [0, 0.1) is 0 Å². The standard InChI is InChI=1S/C7H12O5/c8-4-6-3-5(1-2-11-6)12-7(9)10/h5-6,8H,1-4H2,(H,9,10)/t5-,6-/m0/s1. The average molecular weight is 176 g/mol. The minimum Gasteiger partial charge on any atom is -0.450 e. The second kappa shape index (κ2) is 4.27. The molecule has 0 saturated carbocycles. The summed E-state index contributed by atoms with van der Waals surface area (Å²) in [5.74, 6) is 0. The van der Waals surface area contributed by atoms with Gasteiger partial charge >= 0.3 is 6.16 Å². The van der Waals surface area contributed by atoms with Gasteiger partial charge in [0.25, 0.3) is 0 Å². The summed E-state index contributed by atoms with van der Waals surface area (Å²) in [5.41, 5.74) is 0. The molecular weight excluding hydrogens is 164 g/mol. The van der Waals surface area contributed by atoms with E-state index in [2.05, 4.69) is 4.74 Å². The Kier molecular flexibility index (Phi) is 3.31. The molecule has 1 rings (SSSR count). The Morgan fingerprint density at radius 1 is 1.67 bits per heavy atom. The number of rotatable bonds is 2. The number of hydrogen-bond acceptors (Lipinski definition) is 4. The van der Waals surface area contributed by atoms with E-state index in [9.17, 15) is 4.79 Å². The number of hydrogen-bond donors (Lipinski definition) is 2. The first-order chi connectivity index (χ1) is 5.72. The SMILES string of the molecule is O=C(O)O[C@H]1CCO[C@H](CO)C1. The van der Waals surface area contributed by atoms with Gasteiger partial charge in [-0.1, -0.05) is 0 Å². The van der Waals surface area contributed by atoms with E-state index >= 15 is 0 Å². The molecule has 70 valence electrons. The lowest BCUT2D eigenvalue weighted by atomic mass is 10.1. The molecule has 5 heteroatoms. The third-order valence-electron chi connectivity index (χ3n) is 1.79. The lowest BCUT2D eigenvalue weighted by Gasteiger charge is -2.26. The van der Waals surface area contributed by atoms with Crippen LogP contribution >= 0.6 is 0 Å².